The van der Waals surface area contributed by atoms with Gasteiger partial charge in [0.15, 0.2) is 0 Å². The van der Waals surface area contributed by atoms with Gasteiger partial charge in [0, 0.05) is 0 Å². The van der Waals surface area contributed by atoms with Gasteiger partial charge in [-0.3, -0.25) is 14.5 Å². The van der Waals surface area contributed by atoms with Crippen molar-refractivity contribution >= 4 is 11.9 Å². The zero-order valence-corrected chi connectivity index (χ0v) is 11.8. The largest absolute Gasteiger partial charge is 0.477 e. The lowest BCUT2D eigenvalue weighted by atomic mass is 9.73. The minimum absolute atomic E-state index is 0.137. The highest BCUT2D eigenvalue weighted by molar-refractivity contribution is 6.04. The SMILES string of the molecule is [C-]#[N+]C1(C(C)O)C(=O)N(C(C(=O)O)=C(C)C)[C@@H]1CC=C. The number of rotatable bonds is 5. The lowest BCUT2D eigenvalue weighted by Crippen LogP contribution is -2.76. The first-order valence-electron chi connectivity index (χ1n) is 6.17. The van der Waals surface area contributed by atoms with E-state index < -0.39 is 29.6 Å². The highest BCUT2D eigenvalue weighted by Crippen LogP contribution is 2.43. The van der Waals surface area contributed by atoms with E-state index in [0.717, 1.165) is 4.90 Å². The fourth-order valence-corrected chi connectivity index (χ4v) is 2.54. The van der Waals surface area contributed by atoms with Crippen LogP contribution in [0.1, 0.15) is 27.2 Å². The second kappa shape index (κ2) is 5.47. The summed E-state index contributed by atoms with van der Waals surface area (Å²) in [6.45, 7) is 15.3. The van der Waals surface area contributed by atoms with Crippen molar-refractivity contribution in [3.8, 4) is 0 Å². The van der Waals surface area contributed by atoms with E-state index in [2.05, 4.69) is 11.4 Å². The van der Waals surface area contributed by atoms with Gasteiger partial charge in [-0.25, -0.2) is 11.4 Å². The van der Waals surface area contributed by atoms with E-state index in [9.17, 15) is 19.8 Å². The van der Waals surface area contributed by atoms with Gasteiger partial charge in [0.05, 0.1) is 0 Å². The molecular weight excluding hydrogens is 260 g/mol. The molecule has 108 valence electrons. The molecule has 1 aliphatic heterocycles. The van der Waals surface area contributed by atoms with Crippen LogP contribution in [0.4, 0.5) is 0 Å². The number of allylic oxidation sites excluding steroid dienone is 1. The zero-order chi connectivity index (χ0) is 15.7. The number of aliphatic hydroxyl groups is 1. The Morgan fingerprint density at radius 1 is 1.65 bits per heavy atom. The quantitative estimate of drug-likeness (QED) is 0.342. The summed E-state index contributed by atoms with van der Waals surface area (Å²) >= 11 is 0. The number of likely N-dealkylation sites (tertiary alicyclic amines) is 1. The lowest BCUT2D eigenvalue weighted by molar-refractivity contribution is -0.163. The molecule has 1 fully saturated rings. The van der Waals surface area contributed by atoms with E-state index in [1.807, 2.05) is 0 Å². The number of carbonyl (C=O) groups is 2. The Labute approximate surface area is 117 Å². The van der Waals surface area contributed by atoms with Gasteiger partial charge in [0.2, 0.25) is 0 Å². The van der Waals surface area contributed by atoms with E-state index in [1.54, 1.807) is 13.8 Å². The van der Waals surface area contributed by atoms with Crippen LogP contribution in [-0.2, 0) is 9.59 Å². The second-order valence-corrected chi connectivity index (χ2v) is 4.98. The fraction of sp³-hybridized carbons (Fsp3) is 0.500. The first-order valence-corrected chi connectivity index (χ1v) is 6.17. The van der Waals surface area contributed by atoms with Crippen molar-refractivity contribution in [3.05, 3.63) is 35.3 Å². The molecule has 1 aliphatic rings. The van der Waals surface area contributed by atoms with Crippen molar-refractivity contribution in [2.24, 2.45) is 0 Å². The van der Waals surface area contributed by atoms with Gasteiger partial charge in [-0.2, -0.15) is 0 Å². The first kappa shape index (κ1) is 15.9. The van der Waals surface area contributed by atoms with Crippen LogP contribution in [0.5, 0.6) is 0 Å². The van der Waals surface area contributed by atoms with Crippen molar-refractivity contribution in [1.29, 1.82) is 0 Å². The zero-order valence-electron chi connectivity index (χ0n) is 11.8. The molecule has 6 nitrogen and oxygen atoms in total. The number of amides is 1. The maximum Gasteiger partial charge on any atom is 0.354 e. The highest BCUT2D eigenvalue weighted by Gasteiger charge is 2.71. The molecule has 0 aromatic heterocycles. The molecule has 0 aromatic carbocycles. The lowest BCUT2D eigenvalue weighted by Gasteiger charge is -2.49. The molecule has 2 unspecified atom stereocenters. The topological polar surface area (TPSA) is 82.2 Å². The van der Waals surface area contributed by atoms with E-state index in [1.165, 1.54) is 13.0 Å². The van der Waals surface area contributed by atoms with Gasteiger partial charge in [0.1, 0.15) is 17.8 Å². The van der Waals surface area contributed by atoms with Crippen molar-refractivity contribution < 1.29 is 19.8 Å². The van der Waals surface area contributed by atoms with Gasteiger partial charge < -0.3 is 10.2 Å². The number of aliphatic carboxylic acids is 1. The van der Waals surface area contributed by atoms with E-state index >= 15 is 0 Å². The summed E-state index contributed by atoms with van der Waals surface area (Å²) < 4.78 is 0. The van der Waals surface area contributed by atoms with Gasteiger partial charge >= 0.3 is 17.4 Å². The molecule has 1 rings (SSSR count). The Morgan fingerprint density at radius 2 is 2.20 bits per heavy atom. The molecule has 0 spiro atoms. The number of aliphatic hydroxyl groups excluding tert-OH is 1. The monoisotopic (exact) mass is 278 g/mol. The maximum atomic E-state index is 12.3. The molecule has 2 N–H and O–H groups in total. The number of nitrogens with zero attached hydrogens (tertiary/aromatic N) is 2. The van der Waals surface area contributed by atoms with Crippen molar-refractivity contribution in [1.82, 2.24) is 4.90 Å². The number of hydrogen-bond donors (Lipinski definition) is 2. The average molecular weight is 278 g/mol. The molecule has 1 heterocycles. The number of β-lactam (4-membered cyclic amide) rings is 1. The molecule has 0 aliphatic carbocycles. The molecule has 3 atom stereocenters. The molecule has 6 heteroatoms. The average Bonchev–Trinajstić information content (AvgIpc) is 2.34. The minimum atomic E-state index is -1.62. The molecular formula is C14H18N2O4. The molecule has 0 aromatic rings. The summed E-state index contributed by atoms with van der Waals surface area (Å²) in [7, 11) is 0. The highest BCUT2D eigenvalue weighted by atomic mass is 16.4. The predicted molar refractivity (Wildman–Crippen MR) is 72.5 cm³/mol. The molecule has 1 saturated heterocycles. The fourth-order valence-electron chi connectivity index (χ4n) is 2.54. The Hall–Kier alpha value is -2.13. The van der Waals surface area contributed by atoms with Crippen molar-refractivity contribution in [2.45, 2.75) is 44.9 Å². The Morgan fingerprint density at radius 3 is 2.50 bits per heavy atom. The smallest absolute Gasteiger partial charge is 0.354 e. The minimum Gasteiger partial charge on any atom is -0.477 e. The third-order valence-electron chi connectivity index (χ3n) is 3.51. The molecule has 1 amide bonds. The van der Waals surface area contributed by atoms with Crippen LogP contribution in [0, 0.1) is 6.57 Å². The summed E-state index contributed by atoms with van der Waals surface area (Å²) in [5, 5.41) is 19.1. The van der Waals surface area contributed by atoms with Crippen LogP contribution in [0.3, 0.4) is 0 Å². The summed E-state index contributed by atoms with van der Waals surface area (Å²) in [4.78, 5) is 28.0. The van der Waals surface area contributed by atoms with Gasteiger partial charge in [-0.05, 0) is 32.8 Å². The van der Waals surface area contributed by atoms with Crippen molar-refractivity contribution in [2.75, 3.05) is 0 Å². The first-order chi connectivity index (χ1) is 9.25. The summed E-state index contributed by atoms with van der Waals surface area (Å²) in [5.74, 6) is -1.90. The van der Waals surface area contributed by atoms with Gasteiger partial charge in [-0.15, -0.1) is 6.58 Å². The van der Waals surface area contributed by atoms with E-state index in [4.69, 9.17) is 6.57 Å². The molecule has 0 saturated carbocycles. The van der Waals surface area contributed by atoms with E-state index in [0.29, 0.717) is 5.57 Å². The Kier molecular flexibility index (Phi) is 4.36. The van der Waals surface area contributed by atoms with Crippen LogP contribution in [0.15, 0.2) is 23.9 Å². The molecule has 0 bridgehead atoms. The third kappa shape index (κ3) is 2.00. The van der Waals surface area contributed by atoms with Crippen LogP contribution < -0.4 is 0 Å². The van der Waals surface area contributed by atoms with Gasteiger partial charge in [-0.1, -0.05) is 6.08 Å². The summed E-state index contributed by atoms with van der Waals surface area (Å²) in [6.07, 6.45) is 0.570. The number of carbonyl (C=O) groups excluding carboxylic acids is 1. The number of carboxylic acid groups (broad SMARTS) is 1. The predicted octanol–water partition coefficient (Wildman–Crippen LogP) is 1.19. The molecule has 0 radical (unpaired) electrons. The second-order valence-electron chi connectivity index (χ2n) is 4.98. The van der Waals surface area contributed by atoms with Crippen molar-refractivity contribution in [3.63, 3.8) is 0 Å². The maximum absolute atomic E-state index is 12.3. The van der Waals surface area contributed by atoms with Crippen LogP contribution in [-0.4, -0.2) is 44.7 Å². The molecule has 20 heavy (non-hydrogen) atoms. The van der Waals surface area contributed by atoms with Gasteiger partial charge in [0.25, 0.3) is 0 Å². The van der Waals surface area contributed by atoms with Crippen LogP contribution in [0.25, 0.3) is 4.85 Å². The Bertz CT molecular complexity index is 526. The van der Waals surface area contributed by atoms with E-state index in [-0.39, 0.29) is 12.1 Å². The summed E-state index contributed by atoms with van der Waals surface area (Å²) in [6, 6.07) is -0.717. The number of hydrogen-bond acceptors (Lipinski definition) is 3. The standard InChI is InChI=1S/C14H18N2O4/c1-6-7-10-14(15-5,9(4)17)13(20)16(10)11(8(2)3)12(18)19/h6,9-10,17H,1,7H2,2-4H3,(H,18,19)/t9?,10-,14?/m1/s1. The van der Waals surface area contributed by atoms with Crippen LogP contribution in [0.2, 0.25) is 0 Å². The normalized spacial score (nSPS) is 26.2. The summed E-state index contributed by atoms with van der Waals surface area (Å²) in [5.41, 5.74) is -1.30. The third-order valence-corrected chi connectivity index (χ3v) is 3.51. The Balaban J connectivity index is 3.36. The number of carboxylic acids is 1. The van der Waals surface area contributed by atoms with Crippen LogP contribution >= 0.6 is 0 Å².